The van der Waals surface area contributed by atoms with Crippen molar-refractivity contribution in [2.24, 2.45) is 51.8 Å². The van der Waals surface area contributed by atoms with Crippen LogP contribution < -0.4 is 0 Å². The summed E-state index contributed by atoms with van der Waals surface area (Å²) in [6, 6.07) is 0. The Morgan fingerprint density at radius 3 is 2.39 bits per heavy atom. The van der Waals surface area contributed by atoms with E-state index >= 15 is 0 Å². The van der Waals surface area contributed by atoms with Gasteiger partial charge >= 0.3 is 0 Å². The molecule has 0 heterocycles. The molecule has 0 radical (unpaired) electrons. The largest absolute Gasteiger partial charge is 0.390 e. The van der Waals surface area contributed by atoms with Crippen molar-refractivity contribution in [1.82, 2.24) is 0 Å². The minimum Gasteiger partial charge on any atom is -0.390 e. The van der Waals surface area contributed by atoms with Gasteiger partial charge in [-0.3, -0.25) is 0 Å². The van der Waals surface area contributed by atoms with E-state index in [1.807, 2.05) is 0 Å². The van der Waals surface area contributed by atoms with Crippen LogP contribution in [0.5, 0.6) is 0 Å². The molecule has 4 aliphatic rings. The van der Waals surface area contributed by atoms with E-state index in [1.54, 1.807) is 0 Å². The molecule has 4 aliphatic carbocycles. The molecule has 10 atom stereocenters. The fourth-order valence-corrected chi connectivity index (χ4v) is 8.81. The number of aliphatic hydroxyl groups excluding tert-OH is 2. The zero-order valence-corrected chi connectivity index (χ0v) is 21.5. The van der Waals surface area contributed by atoms with E-state index in [2.05, 4.69) is 54.5 Å². The maximum atomic E-state index is 10.5. The topological polar surface area (TPSA) is 40.5 Å². The molecule has 0 bridgehead atoms. The molecule has 178 valence electrons. The molecule has 0 spiro atoms. The molecule has 0 amide bonds. The van der Waals surface area contributed by atoms with E-state index in [0.29, 0.717) is 23.2 Å². The zero-order chi connectivity index (χ0) is 22.8. The summed E-state index contributed by atoms with van der Waals surface area (Å²) in [5, 5.41) is 20.8. The quantitative estimate of drug-likeness (QED) is 0.472. The van der Waals surface area contributed by atoms with E-state index in [4.69, 9.17) is 0 Å². The van der Waals surface area contributed by atoms with Crippen molar-refractivity contribution in [3.05, 3.63) is 11.6 Å². The molecule has 3 saturated carbocycles. The molecule has 31 heavy (non-hydrogen) atoms. The van der Waals surface area contributed by atoms with Gasteiger partial charge in [-0.2, -0.15) is 0 Å². The Kier molecular flexibility index (Phi) is 6.26. The van der Waals surface area contributed by atoms with Crippen LogP contribution in [0.4, 0.5) is 0 Å². The van der Waals surface area contributed by atoms with Crippen LogP contribution in [-0.4, -0.2) is 22.4 Å². The standard InChI is InChI=1S/C29H50O2/c1-18(8-9-19(2)27(3,4)5)22-12-13-23-21-11-10-20-16-25(30)26(31)17-29(20,7)24(21)14-15-28(22,23)6/h10,18-19,21-26,30-31H,8-9,11-17H2,1-7H3/t18-,19?,21+,22-,23+,24+,25+,26+,28-,29+/m1/s1. The van der Waals surface area contributed by atoms with Gasteiger partial charge in [0.1, 0.15) is 0 Å². The first kappa shape index (κ1) is 23.8. The number of aliphatic hydroxyl groups is 2. The van der Waals surface area contributed by atoms with Gasteiger partial charge in [-0.1, -0.05) is 66.5 Å². The van der Waals surface area contributed by atoms with Gasteiger partial charge in [-0.25, -0.2) is 0 Å². The highest BCUT2D eigenvalue weighted by Gasteiger charge is 2.59. The maximum absolute atomic E-state index is 10.5. The maximum Gasteiger partial charge on any atom is 0.0836 e. The van der Waals surface area contributed by atoms with Crippen LogP contribution in [0, 0.1) is 51.8 Å². The van der Waals surface area contributed by atoms with Gasteiger partial charge in [-0.05, 0) is 103 Å². The number of hydrogen-bond donors (Lipinski definition) is 2. The molecule has 2 nitrogen and oxygen atoms in total. The van der Waals surface area contributed by atoms with Crippen molar-refractivity contribution in [1.29, 1.82) is 0 Å². The number of allylic oxidation sites excluding steroid dienone is 1. The van der Waals surface area contributed by atoms with E-state index in [9.17, 15) is 10.2 Å². The lowest BCUT2D eigenvalue weighted by molar-refractivity contribution is -0.0890. The minimum atomic E-state index is -0.558. The lowest BCUT2D eigenvalue weighted by Crippen LogP contribution is -2.53. The molecule has 2 N–H and O–H groups in total. The van der Waals surface area contributed by atoms with Crippen molar-refractivity contribution < 1.29 is 10.2 Å². The van der Waals surface area contributed by atoms with Crippen LogP contribution in [-0.2, 0) is 0 Å². The number of fused-ring (bicyclic) bond motifs is 5. The molecular formula is C29H50O2. The van der Waals surface area contributed by atoms with Gasteiger partial charge in [-0.15, -0.1) is 0 Å². The molecule has 1 unspecified atom stereocenters. The Labute approximate surface area is 192 Å². The molecule has 0 aliphatic heterocycles. The highest BCUT2D eigenvalue weighted by molar-refractivity contribution is 5.26. The van der Waals surface area contributed by atoms with Crippen LogP contribution >= 0.6 is 0 Å². The van der Waals surface area contributed by atoms with Gasteiger partial charge in [0.2, 0.25) is 0 Å². The molecule has 0 aromatic heterocycles. The first-order chi connectivity index (χ1) is 14.4. The summed E-state index contributed by atoms with van der Waals surface area (Å²) in [7, 11) is 0. The van der Waals surface area contributed by atoms with Crippen LogP contribution in [0.1, 0.15) is 106 Å². The van der Waals surface area contributed by atoms with Crippen molar-refractivity contribution in [2.75, 3.05) is 0 Å². The molecule has 0 saturated heterocycles. The monoisotopic (exact) mass is 430 g/mol. The lowest BCUT2D eigenvalue weighted by Gasteiger charge is -2.59. The summed E-state index contributed by atoms with van der Waals surface area (Å²) in [5.41, 5.74) is 2.48. The predicted molar refractivity (Wildman–Crippen MR) is 130 cm³/mol. The molecular weight excluding hydrogens is 380 g/mol. The van der Waals surface area contributed by atoms with Crippen LogP contribution in [0.2, 0.25) is 0 Å². The fourth-order valence-electron chi connectivity index (χ4n) is 8.81. The summed E-state index contributed by atoms with van der Waals surface area (Å²) in [5.74, 6) is 4.81. The smallest absolute Gasteiger partial charge is 0.0836 e. The number of hydrogen-bond acceptors (Lipinski definition) is 2. The lowest BCUT2D eigenvalue weighted by atomic mass is 9.46. The third-order valence-corrected chi connectivity index (χ3v) is 11.4. The normalized spacial score (nSPS) is 47.1. The minimum absolute atomic E-state index is 0.106. The highest BCUT2D eigenvalue weighted by atomic mass is 16.3. The Morgan fingerprint density at radius 2 is 1.71 bits per heavy atom. The first-order valence-electron chi connectivity index (χ1n) is 13.4. The second-order valence-electron chi connectivity index (χ2n) is 13.9. The van der Waals surface area contributed by atoms with E-state index in [1.165, 1.54) is 50.5 Å². The molecule has 3 fully saturated rings. The summed E-state index contributed by atoms with van der Waals surface area (Å²) in [4.78, 5) is 0. The van der Waals surface area contributed by atoms with E-state index in [0.717, 1.165) is 36.0 Å². The van der Waals surface area contributed by atoms with E-state index in [-0.39, 0.29) is 5.41 Å². The van der Waals surface area contributed by atoms with Crippen molar-refractivity contribution in [3.8, 4) is 0 Å². The van der Waals surface area contributed by atoms with E-state index < -0.39 is 12.2 Å². The van der Waals surface area contributed by atoms with Gasteiger partial charge in [0.15, 0.2) is 0 Å². The molecule has 0 aromatic carbocycles. The predicted octanol–water partition coefficient (Wildman–Crippen LogP) is 7.00. The zero-order valence-electron chi connectivity index (χ0n) is 21.5. The fraction of sp³-hybridized carbons (Fsp3) is 0.931. The third-order valence-electron chi connectivity index (χ3n) is 11.4. The summed E-state index contributed by atoms with van der Waals surface area (Å²) >= 11 is 0. The third kappa shape index (κ3) is 3.96. The average Bonchev–Trinajstić information content (AvgIpc) is 3.03. The highest BCUT2D eigenvalue weighted by Crippen LogP contribution is 2.67. The van der Waals surface area contributed by atoms with Crippen molar-refractivity contribution in [3.63, 3.8) is 0 Å². The molecule has 2 heteroatoms. The summed E-state index contributed by atoms with van der Waals surface area (Å²) < 4.78 is 0. The summed E-state index contributed by atoms with van der Waals surface area (Å²) in [6.07, 6.45) is 12.3. The molecule has 4 rings (SSSR count). The first-order valence-corrected chi connectivity index (χ1v) is 13.4. The van der Waals surface area contributed by atoms with Gasteiger partial charge in [0.25, 0.3) is 0 Å². The number of rotatable bonds is 4. The SMILES string of the molecule is CC(CC[C@@H](C)[C@H]1CC[C@H]2[C@@H]3CC=C4C[C@H](O)[C@@H](O)C[C@]4(C)[C@H]3CC[C@]12C)C(C)(C)C. The van der Waals surface area contributed by atoms with Gasteiger partial charge in [0, 0.05) is 0 Å². The van der Waals surface area contributed by atoms with Crippen LogP contribution in [0.15, 0.2) is 11.6 Å². The average molecular weight is 431 g/mol. The Balaban J connectivity index is 1.49. The van der Waals surface area contributed by atoms with Crippen LogP contribution in [0.25, 0.3) is 0 Å². The van der Waals surface area contributed by atoms with Crippen molar-refractivity contribution in [2.45, 2.75) is 118 Å². The second-order valence-corrected chi connectivity index (χ2v) is 13.9. The molecule has 0 aromatic rings. The Morgan fingerprint density at radius 1 is 1.00 bits per heavy atom. The van der Waals surface area contributed by atoms with Crippen LogP contribution in [0.3, 0.4) is 0 Å². The second kappa shape index (κ2) is 8.15. The van der Waals surface area contributed by atoms with Gasteiger partial charge in [0.05, 0.1) is 12.2 Å². The van der Waals surface area contributed by atoms with Crippen molar-refractivity contribution >= 4 is 0 Å². The van der Waals surface area contributed by atoms with Gasteiger partial charge < -0.3 is 10.2 Å². The Bertz CT molecular complexity index is 689. The Hall–Kier alpha value is -0.340. The summed E-state index contributed by atoms with van der Waals surface area (Å²) in [6.45, 7) is 17.2.